The summed E-state index contributed by atoms with van der Waals surface area (Å²) in [6, 6.07) is 0. The monoisotopic (exact) mass is 240 g/mol. The summed E-state index contributed by atoms with van der Waals surface area (Å²) in [6.45, 7) is 4.52. The van der Waals surface area contributed by atoms with Crippen LogP contribution in [0.15, 0.2) is 0 Å². The molecule has 1 spiro atoms. The first-order valence-electron chi connectivity index (χ1n) is 6.97. The van der Waals surface area contributed by atoms with Crippen LogP contribution in [0.1, 0.15) is 51.9 Å². The summed E-state index contributed by atoms with van der Waals surface area (Å²) in [5.74, 6) is 0.975. The molecule has 2 aliphatic heterocycles. The van der Waals surface area contributed by atoms with Gasteiger partial charge in [0.25, 0.3) is 0 Å². The molecule has 0 aromatic heterocycles. The minimum atomic E-state index is 0.0354. The molecule has 0 amide bonds. The molecule has 2 saturated heterocycles. The first-order valence-corrected chi connectivity index (χ1v) is 6.97. The summed E-state index contributed by atoms with van der Waals surface area (Å²) in [6.07, 6.45) is 6.61. The van der Waals surface area contributed by atoms with E-state index >= 15 is 0 Å². The van der Waals surface area contributed by atoms with Gasteiger partial charge in [-0.1, -0.05) is 6.92 Å². The van der Waals surface area contributed by atoms with E-state index in [2.05, 4.69) is 6.92 Å². The zero-order valence-electron chi connectivity index (χ0n) is 10.9. The number of carbonyl (C=O) groups excluding carboxylic acids is 1. The Morgan fingerprint density at radius 2 is 2.06 bits per heavy atom. The van der Waals surface area contributed by atoms with Gasteiger partial charge in [-0.3, -0.25) is 4.79 Å². The van der Waals surface area contributed by atoms with Crippen molar-refractivity contribution in [1.82, 2.24) is 0 Å². The van der Waals surface area contributed by atoms with Gasteiger partial charge in [0.05, 0.1) is 5.60 Å². The van der Waals surface area contributed by atoms with Crippen molar-refractivity contribution in [2.24, 2.45) is 5.92 Å². The number of rotatable bonds is 4. The number of ether oxygens (including phenoxy) is 2. The average Bonchev–Trinajstić information content (AvgIpc) is 2.30. The first-order chi connectivity index (χ1) is 8.24. The number of hydrogen-bond acceptors (Lipinski definition) is 3. The zero-order valence-corrected chi connectivity index (χ0v) is 10.9. The van der Waals surface area contributed by atoms with Crippen molar-refractivity contribution in [2.75, 3.05) is 19.8 Å². The maximum absolute atomic E-state index is 11.7. The maximum atomic E-state index is 11.7. The van der Waals surface area contributed by atoms with E-state index in [0.29, 0.717) is 11.7 Å². The number of ketones is 1. The molecule has 98 valence electrons. The molecule has 0 aromatic carbocycles. The Labute approximate surface area is 104 Å². The van der Waals surface area contributed by atoms with Gasteiger partial charge in [0.1, 0.15) is 5.78 Å². The lowest BCUT2D eigenvalue weighted by Crippen LogP contribution is -2.44. The van der Waals surface area contributed by atoms with E-state index in [-0.39, 0.29) is 5.60 Å². The van der Waals surface area contributed by atoms with Crippen molar-refractivity contribution in [3.8, 4) is 0 Å². The van der Waals surface area contributed by atoms with E-state index in [4.69, 9.17) is 9.47 Å². The SMILES string of the molecule is CCCC(=O)CC1CCOC2(CCOCC2)C1. The van der Waals surface area contributed by atoms with Crippen molar-refractivity contribution in [1.29, 1.82) is 0 Å². The van der Waals surface area contributed by atoms with Crippen LogP contribution in [0.2, 0.25) is 0 Å². The summed E-state index contributed by atoms with van der Waals surface area (Å²) in [5, 5.41) is 0. The van der Waals surface area contributed by atoms with Gasteiger partial charge in [0.15, 0.2) is 0 Å². The van der Waals surface area contributed by atoms with Gasteiger partial charge in [0.2, 0.25) is 0 Å². The Morgan fingerprint density at radius 3 is 2.76 bits per heavy atom. The minimum absolute atomic E-state index is 0.0354. The van der Waals surface area contributed by atoms with Crippen LogP contribution in [0.25, 0.3) is 0 Å². The van der Waals surface area contributed by atoms with Crippen LogP contribution < -0.4 is 0 Å². The minimum Gasteiger partial charge on any atom is -0.381 e. The fourth-order valence-electron chi connectivity index (χ4n) is 3.10. The van der Waals surface area contributed by atoms with Gasteiger partial charge < -0.3 is 9.47 Å². The number of carbonyl (C=O) groups is 1. The predicted molar refractivity (Wildman–Crippen MR) is 66.0 cm³/mol. The van der Waals surface area contributed by atoms with Crippen LogP contribution in [0, 0.1) is 5.92 Å². The molecule has 0 N–H and O–H groups in total. The highest BCUT2D eigenvalue weighted by atomic mass is 16.5. The topological polar surface area (TPSA) is 35.5 Å². The van der Waals surface area contributed by atoms with Crippen molar-refractivity contribution in [3.63, 3.8) is 0 Å². The third kappa shape index (κ3) is 3.52. The van der Waals surface area contributed by atoms with Crippen LogP contribution in [0.4, 0.5) is 0 Å². The standard InChI is InChI=1S/C14H24O3/c1-2-3-13(15)10-12-4-7-17-14(11-12)5-8-16-9-6-14/h12H,2-11H2,1H3. The molecule has 3 heteroatoms. The summed E-state index contributed by atoms with van der Waals surface area (Å²) in [5.41, 5.74) is 0.0354. The van der Waals surface area contributed by atoms with Gasteiger partial charge in [0, 0.05) is 32.7 Å². The van der Waals surface area contributed by atoms with E-state index < -0.39 is 0 Å². The number of Topliss-reactive ketones (excluding diaryl/α,β-unsaturated/α-hetero) is 1. The third-order valence-electron chi connectivity index (χ3n) is 4.04. The van der Waals surface area contributed by atoms with E-state index in [1.807, 2.05) is 0 Å². The molecular formula is C14H24O3. The van der Waals surface area contributed by atoms with Gasteiger partial charge in [-0.25, -0.2) is 0 Å². The molecule has 2 rings (SSSR count). The molecule has 2 heterocycles. The Hall–Kier alpha value is -0.410. The zero-order chi connectivity index (χ0) is 12.1. The molecule has 0 radical (unpaired) electrons. The summed E-state index contributed by atoms with van der Waals surface area (Å²) in [7, 11) is 0. The highest BCUT2D eigenvalue weighted by Crippen LogP contribution is 2.38. The molecule has 17 heavy (non-hydrogen) atoms. The lowest BCUT2D eigenvalue weighted by atomic mass is 9.79. The Kier molecular flexibility index (Phi) is 4.57. The van der Waals surface area contributed by atoms with Crippen LogP contribution in [0.3, 0.4) is 0 Å². The molecule has 0 aliphatic carbocycles. The summed E-state index contributed by atoms with van der Waals surface area (Å²) in [4.78, 5) is 11.7. The van der Waals surface area contributed by atoms with Crippen LogP contribution in [-0.4, -0.2) is 31.2 Å². The number of hydrogen-bond donors (Lipinski definition) is 0. The molecular weight excluding hydrogens is 216 g/mol. The summed E-state index contributed by atoms with van der Waals surface area (Å²) < 4.78 is 11.4. The van der Waals surface area contributed by atoms with Gasteiger partial charge in [-0.2, -0.15) is 0 Å². The lowest BCUT2D eigenvalue weighted by Gasteiger charge is -2.43. The first kappa shape index (κ1) is 13.0. The Morgan fingerprint density at radius 1 is 1.29 bits per heavy atom. The second kappa shape index (κ2) is 5.96. The highest BCUT2D eigenvalue weighted by molar-refractivity contribution is 5.78. The smallest absolute Gasteiger partial charge is 0.133 e. The van der Waals surface area contributed by atoms with Crippen molar-refractivity contribution < 1.29 is 14.3 Å². The quantitative estimate of drug-likeness (QED) is 0.758. The lowest BCUT2D eigenvalue weighted by molar-refractivity contribution is -0.149. The Bertz CT molecular complexity index is 251. The van der Waals surface area contributed by atoms with E-state index in [9.17, 15) is 4.79 Å². The third-order valence-corrected chi connectivity index (χ3v) is 4.04. The molecule has 3 nitrogen and oxygen atoms in total. The summed E-state index contributed by atoms with van der Waals surface area (Å²) >= 11 is 0. The highest BCUT2D eigenvalue weighted by Gasteiger charge is 2.39. The average molecular weight is 240 g/mol. The fourth-order valence-corrected chi connectivity index (χ4v) is 3.10. The maximum Gasteiger partial charge on any atom is 0.133 e. The van der Waals surface area contributed by atoms with E-state index in [1.54, 1.807) is 0 Å². The second-order valence-corrected chi connectivity index (χ2v) is 5.50. The molecule has 1 atom stereocenters. The van der Waals surface area contributed by atoms with E-state index in [0.717, 1.165) is 64.8 Å². The fraction of sp³-hybridized carbons (Fsp3) is 0.929. The molecule has 0 bridgehead atoms. The van der Waals surface area contributed by atoms with Crippen molar-refractivity contribution in [3.05, 3.63) is 0 Å². The largest absolute Gasteiger partial charge is 0.381 e. The second-order valence-electron chi connectivity index (χ2n) is 5.50. The van der Waals surface area contributed by atoms with E-state index in [1.165, 1.54) is 0 Å². The van der Waals surface area contributed by atoms with Gasteiger partial charge >= 0.3 is 0 Å². The molecule has 0 saturated carbocycles. The van der Waals surface area contributed by atoms with Gasteiger partial charge in [-0.15, -0.1) is 0 Å². The molecule has 0 aromatic rings. The molecule has 2 aliphatic rings. The van der Waals surface area contributed by atoms with Crippen LogP contribution in [0.5, 0.6) is 0 Å². The normalized spacial score (nSPS) is 28.2. The predicted octanol–water partition coefficient (Wildman–Crippen LogP) is 2.72. The van der Waals surface area contributed by atoms with Crippen LogP contribution in [-0.2, 0) is 14.3 Å². The molecule has 2 fully saturated rings. The Balaban J connectivity index is 1.85. The molecule has 1 unspecified atom stereocenters. The van der Waals surface area contributed by atoms with Crippen LogP contribution >= 0.6 is 0 Å². The van der Waals surface area contributed by atoms with Gasteiger partial charge in [-0.05, 0) is 38.0 Å². The van der Waals surface area contributed by atoms with Crippen molar-refractivity contribution >= 4 is 5.78 Å². The van der Waals surface area contributed by atoms with Crippen molar-refractivity contribution in [2.45, 2.75) is 57.5 Å².